The van der Waals surface area contributed by atoms with Gasteiger partial charge in [-0.3, -0.25) is 4.79 Å². The molecule has 0 aromatic heterocycles. The molecule has 1 aromatic rings. The third-order valence-electron chi connectivity index (χ3n) is 1.35. The average Bonchev–Trinajstić information content (AvgIpc) is 2.16. The number of ether oxygens (including phenoxy) is 1. The molecule has 0 aliphatic carbocycles. The highest BCUT2D eigenvalue weighted by atomic mass is 16.6. The Morgan fingerprint density at radius 3 is 1.94 bits per heavy atom. The van der Waals surface area contributed by atoms with Crippen LogP contribution in [-0.2, 0) is 9.53 Å². The van der Waals surface area contributed by atoms with E-state index in [1.165, 1.54) is 6.92 Å². The van der Waals surface area contributed by atoms with Gasteiger partial charge in [-0.2, -0.15) is 5.26 Å². The lowest BCUT2D eigenvalue weighted by Gasteiger charge is -2.17. The van der Waals surface area contributed by atoms with Gasteiger partial charge in [-0.05, 0) is 32.9 Å². The first-order valence-electron chi connectivity index (χ1n) is 5.00. The maximum atomic E-state index is 10.2. The molecule has 3 heteroatoms. The highest BCUT2D eigenvalue weighted by molar-refractivity contribution is 5.66. The van der Waals surface area contributed by atoms with Crippen molar-refractivity contribution in [1.29, 1.82) is 5.26 Å². The molecule has 0 heterocycles. The van der Waals surface area contributed by atoms with Gasteiger partial charge in [-0.15, -0.1) is 0 Å². The normalized spacial score (nSPS) is 9.44. The maximum absolute atomic E-state index is 10.2. The van der Waals surface area contributed by atoms with Gasteiger partial charge < -0.3 is 4.74 Å². The van der Waals surface area contributed by atoms with E-state index < -0.39 is 0 Å². The van der Waals surface area contributed by atoms with E-state index in [9.17, 15) is 4.79 Å². The molecule has 0 aliphatic heterocycles. The van der Waals surface area contributed by atoms with Gasteiger partial charge in [0.2, 0.25) is 0 Å². The Bertz CT molecular complexity index is 358. The maximum Gasteiger partial charge on any atom is 0.303 e. The summed E-state index contributed by atoms with van der Waals surface area (Å²) in [7, 11) is 0. The van der Waals surface area contributed by atoms with Crippen LogP contribution in [-0.4, -0.2) is 11.6 Å². The standard InChI is InChI=1S/C7H5N.C6H12O2/c8-6-7-4-2-1-3-5-7;1-5(7)8-6(2,3)4/h1-5H;1-4H3. The van der Waals surface area contributed by atoms with Gasteiger partial charge in [0.05, 0.1) is 11.6 Å². The van der Waals surface area contributed by atoms with E-state index in [4.69, 9.17) is 10.00 Å². The summed E-state index contributed by atoms with van der Waals surface area (Å²) in [6.07, 6.45) is 0. The lowest BCUT2D eigenvalue weighted by molar-refractivity contribution is -0.151. The van der Waals surface area contributed by atoms with Crippen molar-refractivity contribution in [3.8, 4) is 6.07 Å². The number of rotatable bonds is 0. The highest BCUT2D eigenvalue weighted by Crippen LogP contribution is 2.05. The molecule has 0 unspecified atom stereocenters. The lowest BCUT2D eigenvalue weighted by atomic mass is 10.2. The van der Waals surface area contributed by atoms with E-state index in [-0.39, 0.29) is 11.6 Å². The van der Waals surface area contributed by atoms with Crippen LogP contribution in [0.3, 0.4) is 0 Å². The fraction of sp³-hybridized carbons (Fsp3) is 0.385. The van der Waals surface area contributed by atoms with Gasteiger partial charge in [0.15, 0.2) is 0 Å². The van der Waals surface area contributed by atoms with Crippen LogP contribution in [0.2, 0.25) is 0 Å². The van der Waals surface area contributed by atoms with Crippen molar-refractivity contribution in [3.63, 3.8) is 0 Å². The van der Waals surface area contributed by atoms with E-state index in [0.29, 0.717) is 5.56 Å². The molecule has 0 bridgehead atoms. The summed E-state index contributed by atoms with van der Waals surface area (Å²) < 4.78 is 4.80. The number of carbonyl (C=O) groups excluding carboxylic acids is 1. The quantitative estimate of drug-likeness (QED) is 0.630. The molecule has 0 radical (unpaired) electrons. The first-order valence-corrected chi connectivity index (χ1v) is 5.00. The molecule has 0 N–H and O–H groups in total. The molecule has 0 aliphatic rings. The Labute approximate surface area is 96.7 Å². The summed E-state index contributed by atoms with van der Waals surface area (Å²) in [5.41, 5.74) is 0.388. The van der Waals surface area contributed by atoms with E-state index >= 15 is 0 Å². The summed E-state index contributed by atoms with van der Waals surface area (Å²) in [4.78, 5) is 10.2. The van der Waals surface area contributed by atoms with Crippen LogP contribution in [0.25, 0.3) is 0 Å². The van der Waals surface area contributed by atoms with E-state index in [2.05, 4.69) is 0 Å². The molecule has 0 saturated carbocycles. The molecule has 0 spiro atoms. The van der Waals surface area contributed by atoms with Gasteiger partial charge in [-0.1, -0.05) is 18.2 Å². The number of esters is 1. The number of hydrogen-bond donors (Lipinski definition) is 0. The molecule has 1 aromatic carbocycles. The summed E-state index contributed by atoms with van der Waals surface area (Å²) in [5, 5.41) is 8.29. The van der Waals surface area contributed by atoms with Crippen molar-refractivity contribution in [2.45, 2.75) is 33.3 Å². The highest BCUT2D eigenvalue weighted by Gasteiger charge is 2.11. The van der Waals surface area contributed by atoms with E-state index in [1.54, 1.807) is 12.1 Å². The van der Waals surface area contributed by atoms with Gasteiger partial charge in [0.1, 0.15) is 5.60 Å². The smallest absolute Gasteiger partial charge is 0.303 e. The zero-order valence-corrected chi connectivity index (χ0v) is 10.2. The predicted molar refractivity (Wildman–Crippen MR) is 62.7 cm³/mol. The summed E-state index contributed by atoms with van der Waals surface area (Å²) >= 11 is 0. The Hall–Kier alpha value is -1.82. The minimum Gasteiger partial charge on any atom is -0.460 e. The van der Waals surface area contributed by atoms with Crippen LogP contribution in [0.5, 0.6) is 0 Å². The van der Waals surface area contributed by atoms with Crippen LogP contribution in [0.4, 0.5) is 0 Å². The fourth-order valence-corrected chi connectivity index (χ4v) is 0.944. The minimum atomic E-state index is -0.328. The first-order chi connectivity index (χ1) is 7.35. The number of carbonyl (C=O) groups is 1. The SMILES string of the molecule is CC(=O)OC(C)(C)C.N#Cc1ccccc1. The Morgan fingerprint density at radius 2 is 1.75 bits per heavy atom. The van der Waals surface area contributed by atoms with Crippen molar-refractivity contribution in [2.75, 3.05) is 0 Å². The topological polar surface area (TPSA) is 50.1 Å². The van der Waals surface area contributed by atoms with Crippen molar-refractivity contribution >= 4 is 5.97 Å². The third-order valence-corrected chi connectivity index (χ3v) is 1.35. The molecule has 0 atom stereocenters. The number of benzene rings is 1. The second kappa shape index (κ2) is 6.62. The second-order valence-corrected chi connectivity index (χ2v) is 4.18. The molecular weight excluding hydrogens is 202 g/mol. The van der Waals surface area contributed by atoms with Crippen LogP contribution in [0.1, 0.15) is 33.3 Å². The molecule has 1 rings (SSSR count). The molecule has 16 heavy (non-hydrogen) atoms. The second-order valence-electron chi connectivity index (χ2n) is 4.18. The Balaban J connectivity index is 0.000000281. The monoisotopic (exact) mass is 219 g/mol. The molecule has 86 valence electrons. The van der Waals surface area contributed by atoms with Crippen LogP contribution in [0.15, 0.2) is 30.3 Å². The first kappa shape index (κ1) is 14.2. The fourth-order valence-electron chi connectivity index (χ4n) is 0.944. The lowest BCUT2D eigenvalue weighted by Crippen LogP contribution is -2.21. The minimum absolute atomic E-state index is 0.225. The van der Waals surface area contributed by atoms with Crippen molar-refractivity contribution < 1.29 is 9.53 Å². The largest absolute Gasteiger partial charge is 0.460 e. The summed E-state index contributed by atoms with van der Waals surface area (Å²) in [6.45, 7) is 6.93. The van der Waals surface area contributed by atoms with E-state index in [0.717, 1.165) is 0 Å². The van der Waals surface area contributed by atoms with Gasteiger partial charge in [0.25, 0.3) is 0 Å². The molecular formula is C13H17NO2. The predicted octanol–water partition coefficient (Wildman–Crippen LogP) is 2.91. The van der Waals surface area contributed by atoms with Crippen molar-refractivity contribution in [2.24, 2.45) is 0 Å². The Morgan fingerprint density at radius 1 is 1.25 bits per heavy atom. The summed E-state index contributed by atoms with van der Waals surface area (Å²) in [6, 6.07) is 11.2. The molecule has 0 amide bonds. The third kappa shape index (κ3) is 8.76. The van der Waals surface area contributed by atoms with Crippen LogP contribution >= 0.6 is 0 Å². The van der Waals surface area contributed by atoms with E-state index in [1.807, 2.05) is 45.0 Å². The zero-order chi connectivity index (χ0) is 12.6. The summed E-state index contributed by atoms with van der Waals surface area (Å²) in [5.74, 6) is -0.225. The number of nitrogens with zero attached hydrogens (tertiary/aromatic N) is 1. The molecule has 3 nitrogen and oxygen atoms in total. The van der Waals surface area contributed by atoms with Crippen molar-refractivity contribution in [3.05, 3.63) is 35.9 Å². The number of hydrogen-bond acceptors (Lipinski definition) is 3. The Kier molecular flexibility index (Phi) is 5.87. The van der Waals surface area contributed by atoms with Crippen LogP contribution < -0.4 is 0 Å². The zero-order valence-electron chi connectivity index (χ0n) is 10.2. The number of nitriles is 1. The average molecular weight is 219 g/mol. The van der Waals surface area contributed by atoms with Crippen molar-refractivity contribution in [1.82, 2.24) is 0 Å². The molecule has 0 fully saturated rings. The molecule has 0 saturated heterocycles. The van der Waals surface area contributed by atoms with Gasteiger partial charge in [-0.25, -0.2) is 0 Å². The van der Waals surface area contributed by atoms with Crippen LogP contribution in [0, 0.1) is 11.3 Å². The van der Waals surface area contributed by atoms with Gasteiger partial charge >= 0.3 is 5.97 Å². The van der Waals surface area contributed by atoms with Gasteiger partial charge in [0, 0.05) is 6.92 Å².